The summed E-state index contributed by atoms with van der Waals surface area (Å²) in [6.07, 6.45) is 9.31. The summed E-state index contributed by atoms with van der Waals surface area (Å²) < 4.78 is 13.9. The van der Waals surface area contributed by atoms with Crippen LogP contribution in [0.2, 0.25) is 0 Å². The Kier molecular flexibility index (Phi) is 11.2. The number of hydrogen-bond donors (Lipinski definition) is 3. The molecule has 0 bridgehead atoms. The standard InChI is InChI=1S/C31H43BrN3O6P/c1-19(2)26(36)31(42-41,30(40)34-24-14-9-7-5-3-4-6-8-10-15-33-27(24)37)18-35-28(38)22-13-11-12-20-16-21(32)17-23(25(20)22)29(35)39/h11-13,17,19,23-24,26,36H,3-10,14-16,18,42H2,1-2H3,(H,33,37)(H,34,40). The first-order valence-corrected chi connectivity index (χ1v) is 17.0. The average Bonchev–Trinajstić information content (AvgIpc) is 2.98. The van der Waals surface area contributed by atoms with Crippen LogP contribution in [0.25, 0.3) is 0 Å². The maximum Gasteiger partial charge on any atom is 0.260 e. The number of imide groups is 1. The number of amides is 4. The lowest BCUT2D eigenvalue weighted by Gasteiger charge is -2.41. The van der Waals surface area contributed by atoms with Crippen LogP contribution in [0.3, 0.4) is 0 Å². The van der Waals surface area contributed by atoms with Crippen LogP contribution in [0, 0.1) is 5.92 Å². The Labute approximate surface area is 257 Å². The van der Waals surface area contributed by atoms with Gasteiger partial charge in [-0.15, -0.1) is 0 Å². The topological polar surface area (TPSA) is 133 Å². The predicted octanol–water partition coefficient (Wildman–Crippen LogP) is 4.23. The van der Waals surface area contributed by atoms with Crippen LogP contribution < -0.4 is 10.6 Å². The zero-order valence-corrected chi connectivity index (χ0v) is 27.2. The van der Waals surface area contributed by atoms with Gasteiger partial charge < -0.3 is 20.3 Å². The van der Waals surface area contributed by atoms with E-state index >= 15 is 0 Å². The number of aliphatic hydroxyl groups excluding tert-OH is 1. The van der Waals surface area contributed by atoms with Gasteiger partial charge in [0.25, 0.3) is 5.91 Å². The van der Waals surface area contributed by atoms with Gasteiger partial charge in [-0.3, -0.25) is 24.1 Å². The van der Waals surface area contributed by atoms with Gasteiger partial charge in [0.15, 0.2) is 0 Å². The van der Waals surface area contributed by atoms with Gasteiger partial charge in [-0.1, -0.05) is 92.9 Å². The Morgan fingerprint density at radius 3 is 2.45 bits per heavy atom. The molecule has 1 aliphatic carbocycles. The van der Waals surface area contributed by atoms with E-state index in [4.69, 9.17) is 0 Å². The number of rotatable bonds is 7. The van der Waals surface area contributed by atoms with Crippen LogP contribution in [0.5, 0.6) is 0 Å². The van der Waals surface area contributed by atoms with Crippen molar-refractivity contribution in [3.05, 3.63) is 45.4 Å². The summed E-state index contributed by atoms with van der Waals surface area (Å²) in [7, 11) is -2.01. The second-order valence-corrected chi connectivity index (χ2v) is 14.4. The van der Waals surface area contributed by atoms with Crippen LogP contribution in [-0.4, -0.2) is 64.0 Å². The van der Waals surface area contributed by atoms with Crippen molar-refractivity contribution in [1.29, 1.82) is 0 Å². The molecule has 230 valence electrons. The van der Waals surface area contributed by atoms with Crippen LogP contribution >= 0.6 is 24.4 Å². The molecule has 0 saturated carbocycles. The Bertz CT molecular complexity index is 1250. The molecule has 1 aromatic carbocycles. The minimum atomic E-state index is -2.01. The highest BCUT2D eigenvalue weighted by Gasteiger charge is 2.52. The number of halogens is 1. The van der Waals surface area contributed by atoms with Crippen LogP contribution in [0.4, 0.5) is 0 Å². The molecule has 3 aliphatic rings. The van der Waals surface area contributed by atoms with Crippen molar-refractivity contribution in [3.63, 3.8) is 0 Å². The van der Waals surface area contributed by atoms with E-state index in [0.29, 0.717) is 30.5 Å². The van der Waals surface area contributed by atoms with Crippen molar-refractivity contribution in [2.75, 3.05) is 13.1 Å². The third kappa shape index (κ3) is 6.92. The van der Waals surface area contributed by atoms with E-state index in [0.717, 1.165) is 59.9 Å². The number of nitrogens with zero attached hydrogens (tertiary/aromatic N) is 1. The fourth-order valence-corrected chi connectivity index (χ4v) is 7.87. The third-order valence-corrected chi connectivity index (χ3v) is 10.5. The minimum absolute atomic E-state index is 0.319. The van der Waals surface area contributed by atoms with Crippen LogP contribution in [0.1, 0.15) is 99.0 Å². The first-order valence-electron chi connectivity index (χ1n) is 15.2. The fourth-order valence-electron chi connectivity index (χ4n) is 6.33. The van der Waals surface area contributed by atoms with Gasteiger partial charge in [0.1, 0.15) is 11.2 Å². The number of benzene rings is 1. The Morgan fingerprint density at radius 1 is 1.12 bits per heavy atom. The third-order valence-electron chi connectivity index (χ3n) is 8.77. The van der Waals surface area contributed by atoms with Gasteiger partial charge in [-0.05, 0) is 40.4 Å². The number of allylic oxidation sites excluding steroid dienone is 1. The fraction of sp³-hybridized carbons (Fsp3) is 0.613. The van der Waals surface area contributed by atoms with Crippen molar-refractivity contribution in [1.82, 2.24) is 15.5 Å². The first-order chi connectivity index (χ1) is 20.1. The van der Waals surface area contributed by atoms with E-state index in [-0.39, 0.29) is 5.91 Å². The summed E-state index contributed by atoms with van der Waals surface area (Å²) in [5.41, 5.74) is 1.89. The first kappa shape index (κ1) is 32.6. The van der Waals surface area contributed by atoms with Crippen molar-refractivity contribution in [3.8, 4) is 0 Å². The highest BCUT2D eigenvalue weighted by Crippen LogP contribution is 2.42. The molecule has 1 saturated heterocycles. The number of carbonyl (C=O) groups is 4. The SMILES string of the molecule is CC(C)C(O)C(CN1C(=O)c2cccc3c2C(C=C(Br)C3)C1=O)([PH2]=O)C(=O)NC1CCCCCCCCCCNC1=O. The molecule has 0 spiro atoms. The molecule has 2 heterocycles. The Hall–Kier alpha value is -2.29. The highest BCUT2D eigenvalue weighted by molar-refractivity contribution is 9.11. The van der Waals surface area contributed by atoms with Crippen molar-refractivity contribution in [2.24, 2.45) is 5.92 Å². The molecule has 3 N–H and O–H groups in total. The molecule has 2 aliphatic heterocycles. The van der Waals surface area contributed by atoms with E-state index in [9.17, 15) is 28.8 Å². The molecule has 1 fully saturated rings. The molecule has 1 aromatic rings. The lowest BCUT2D eigenvalue weighted by Crippen LogP contribution is -2.63. The molecule has 4 rings (SSSR count). The molecule has 4 amide bonds. The van der Waals surface area contributed by atoms with Crippen LogP contribution in [0.15, 0.2) is 28.8 Å². The van der Waals surface area contributed by atoms with Gasteiger partial charge in [0, 0.05) is 18.5 Å². The highest BCUT2D eigenvalue weighted by atomic mass is 79.9. The monoisotopic (exact) mass is 663 g/mol. The second-order valence-electron chi connectivity index (χ2n) is 12.2. The van der Waals surface area contributed by atoms with Gasteiger partial charge >= 0.3 is 0 Å². The normalized spacial score (nSPS) is 24.5. The lowest BCUT2D eigenvalue weighted by atomic mass is 9.80. The van der Waals surface area contributed by atoms with E-state index in [2.05, 4.69) is 26.6 Å². The molecule has 11 heteroatoms. The molecule has 42 heavy (non-hydrogen) atoms. The number of carbonyl (C=O) groups excluding carboxylic acids is 4. The molecule has 5 unspecified atom stereocenters. The van der Waals surface area contributed by atoms with Crippen molar-refractivity contribution < 1.29 is 28.8 Å². The summed E-state index contributed by atoms with van der Waals surface area (Å²) in [5.74, 6) is -3.46. The van der Waals surface area contributed by atoms with E-state index in [1.165, 1.54) is 6.42 Å². The largest absolute Gasteiger partial charge is 0.391 e. The Morgan fingerprint density at radius 2 is 1.79 bits per heavy atom. The molecule has 5 atom stereocenters. The molecule has 0 radical (unpaired) electrons. The number of hydrogen-bond acceptors (Lipinski definition) is 6. The van der Waals surface area contributed by atoms with E-state index < -0.39 is 61.9 Å². The molecule has 0 aromatic heterocycles. The lowest BCUT2D eigenvalue weighted by molar-refractivity contribution is -0.136. The zero-order valence-electron chi connectivity index (χ0n) is 24.5. The molecular weight excluding hydrogens is 621 g/mol. The Balaban J connectivity index is 1.65. The summed E-state index contributed by atoms with van der Waals surface area (Å²) in [6, 6.07) is 4.42. The predicted molar refractivity (Wildman–Crippen MR) is 166 cm³/mol. The van der Waals surface area contributed by atoms with Gasteiger partial charge in [0.05, 0.1) is 27.0 Å². The molecular formula is C31H43BrN3O6P. The van der Waals surface area contributed by atoms with E-state index in [1.807, 2.05) is 6.07 Å². The smallest absolute Gasteiger partial charge is 0.260 e. The van der Waals surface area contributed by atoms with Gasteiger partial charge in [-0.25, -0.2) is 0 Å². The van der Waals surface area contributed by atoms with Gasteiger partial charge in [0.2, 0.25) is 17.7 Å². The number of aliphatic hydroxyl groups is 1. The zero-order chi connectivity index (χ0) is 30.4. The maximum absolute atomic E-state index is 14.1. The second kappa shape index (κ2) is 14.5. The maximum atomic E-state index is 14.1. The average molecular weight is 665 g/mol. The summed E-state index contributed by atoms with van der Waals surface area (Å²) in [5, 5.41) is 15.1. The quantitative estimate of drug-likeness (QED) is 0.296. The van der Waals surface area contributed by atoms with Crippen molar-refractivity contribution >= 4 is 48.0 Å². The van der Waals surface area contributed by atoms with Crippen molar-refractivity contribution in [2.45, 2.75) is 101 Å². The minimum Gasteiger partial charge on any atom is -0.391 e. The number of nitrogens with one attached hydrogen (secondary N) is 2. The molecule has 9 nitrogen and oxygen atoms in total. The van der Waals surface area contributed by atoms with Crippen LogP contribution in [-0.2, 0) is 25.4 Å². The van der Waals surface area contributed by atoms with Gasteiger partial charge in [-0.2, -0.15) is 0 Å². The summed E-state index contributed by atoms with van der Waals surface area (Å²) in [4.78, 5) is 55.8. The summed E-state index contributed by atoms with van der Waals surface area (Å²) in [6.45, 7) is 3.33. The van der Waals surface area contributed by atoms with E-state index in [1.54, 1.807) is 32.1 Å². The summed E-state index contributed by atoms with van der Waals surface area (Å²) >= 11 is 3.51.